The SMILES string of the molecule is CC(C)CCC[C@@H](C)[C@H]1CCC2=C3CC[C@H]4[C@H](C)[C@@H](O)CC[C@]4(C)C3CC[C@@]21C. The van der Waals surface area contributed by atoms with Crippen LogP contribution in [-0.2, 0) is 0 Å². The fourth-order valence-electron chi connectivity index (χ4n) is 8.95. The van der Waals surface area contributed by atoms with Gasteiger partial charge in [0.05, 0.1) is 6.10 Å². The monoisotopic (exact) mass is 400 g/mol. The third kappa shape index (κ3) is 3.56. The molecule has 0 radical (unpaired) electrons. The largest absolute Gasteiger partial charge is 0.393 e. The van der Waals surface area contributed by atoms with Crippen LogP contribution in [0.2, 0.25) is 0 Å². The average Bonchev–Trinajstić information content (AvgIpc) is 3.02. The number of fused-ring (bicyclic) bond motifs is 4. The number of aliphatic hydroxyl groups is 1. The predicted octanol–water partition coefficient (Wildman–Crippen LogP) is 7.78. The van der Waals surface area contributed by atoms with Crippen LogP contribution < -0.4 is 0 Å². The summed E-state index contributed by atoms with van der Waals surface area (Å²) in [6.45, 7) is 14.9. The summed E-state index contributed by atoms with van der Waals surface area (Å²) < 4.78 is 0. The van der Waals surface area contributed by atoms with Crippen molar-refractivity contribution in [2.45, 2.75) is 118 Å². The Hall–Kier alpha value is -0.300. The van der Waals surface area contributed by atoms with Crippen LogP contribution in [0.5, 0.6) is 0 Å². The zero-order chi connectivity index (χ0) is 21.0. The molecule has 0 spiro atoms. The second kappa shape index (κ2) is 7.99. The normalized spacial score (nSPS) is 45.7. The lowest BCUT2D eigenvalue weighted by Crippen LogP contribution is -2.51. The molecule has 0 aromatic carbocycles. The van der Waals surface area contributed by atoms with Gasteiger partial charge in [0.1, 0.15) is 0 Å². The van der Waals surface area contributed by atoms with E-state index in [4.69, 9.17) is 0 Å². The molecule has 3 fully saturated rings. The maximum Gasteiger partial charge on any atom is 0.0568 e. The van der Waals surface area contributed by atoms with E-state index in [1.807, 2.05) is 11.1 Å². The van der Waals surface area contributed by atoms with Crippen molar-refractivity contribution < 1.29 is 5.11 Å². The Morgan fingerprint density at radius 3 is 2.45 bits per heavy atom. The van der Waals surface area contributed by atoms with Gasteiger partial charge in [-0.2, -0.15) is 0 Å². The number of aliphatic hydroxyl groups excluding tert-OH is 1. The van der Waals surface area contributed by atoms with Gasteiger partial charge in [-0.05, 0) is 97.7 Å². The lowest BCUT2D eigenvalue weighted by atomic mass is 9.47. The number of rotatable bonds is 5. The van der Waals surface area contributed by atoms with Crippen molar-refractivity contribution in [3.63, 3.8) is 0 Å². The second-order valence-electron chi connectivity index (χ2n) is 12.6. The summed E-state index contributed by atoms with van der Waals surface area (Å²) in [5, 5.41) is 10.5. The van der Waals surface area contributed by atoms with Crippen LogP contribution in [0.4, 0.5) is 0 Å². The van der Waals surface area contributed by atoms with E-state index >= 15 is 0 Å². The molecule has 3 saturated carbocycles. The smallest absolute Gasteiger partial charge is 0.0568 e. The van der Waals surface area contributed by atoms with Gasteiger partial charge in [-0.1, -0.05) is 72.0 Å². The average molecular weight is 401 g/mol. The Bertz CT molecular complexity index is 632. The van der Waals surface area contributed by atoms with Crippen LogP contribution in [0, 0.1) is 46.3 Å². The molecular formula is C28H48O. The third-order valence-electron chi connectivity index (χ3n) is 10.7. The van der Waals surface area contributed by atoms with Gasteiger partial charge in [0.15, 0.2) is 0 Å². The Balaban J connectivity index is 1.55. The van der Waals surface area contributed by atoms with E-state index in [-0.39, 0.29) is 6.10 Å². The van der Waals surface area contributed by atoms with Gasteiger partial charge >= 0.3 is 0 Å². The van der Waals surface area contributed by atoms with E-state index in [9.17, 15) is 5.11 Å². The molecule has 0 aromatic heterocycles. The zero-order valence-corrected chi connectivity index (χ0v) is 20.3. The minimum Gasteiger partial charge on any atom is -0.393 e. The number of hydrogen-bond donors (Lipinski definition) is 1. The minimum atomic E-state index is -0.0568. The Labute approximate surface area is 181 Å². The quantitative estimate of drug-likeness (QED) is 0.467. The van der Waals surface area contributed by atoms with Gasteiger partial charge in [-0.25, -0.2) is 0 Å². The molecule has 4 rings (SSSR count). The van der Waals surface area contributed by atoms with Crippen molar-refractivity contribution in [1.82, 2.24) is 0 Å². The van der Waals surface area contributed by atoms with Gasteiger partial charge in [-0.3, -0.25) is 0 Å². The Morgan fingerprint density at radius 2 is 1.72 bits per heavy atom. The first-order valence-electron chi connectivity index (χ1n) is 13.1. The van der Waals surface area contributed by atoms with Crippen LogP contribution in [-0.4, -0.2) is 11.2 Å². The zero-order valence-electron chi connectivity index (χ0n) is 20.3. The molecule has 0 amide bonds. The molecule has 1 N–H and O–H groups in total. The van der Waals surface area contributed by atoms with E-state index in [0.29, 0.717) is 16.7 Å². The summed E-state index contributed by atoms with van der Waals surface area (Å²) in [6, 6.07) is 0. The summed E-state index contributed by atoms with van der Waals surface area (Å²) in [4.78, 5) is 0. The fraction of sp³-hybridized carbons (Fsp3) is 0.929. The molecule has 4 aliphatic carbocycles. The van der Waals surface area contributed by atoms with Crippen molar-refractivity contribution in [2.75, 3.05) is 0 Å². The van der Waals surface area contributed by atoms with E-state index in [1.165, 1.54) is 64.2 Å². The third-order valence-corrected chi connectivity index (χ3v) is 10.7. The molecule has 8 atom stereocenters. The van der Waals surface area contributed by atoms with Gasteiger partial charge in [0, 0.05) is 0 Å². The van der Waals surface area contributed by atoms with Gasteiger partial charge in [-0.15, -0.1) is 0 Å². The summed E-state index contributed by atoms with van der Waals surface area (Å²) in [7, 11) is 0. The Morgan fingerprint density at radius 1 is 0.966 bits per heavy atom. The molecule has 166 valence electrons. The van der Waals surface area contributed by atoms with Gasteiger partial charge in [0.2, 0.25) is 0 Å². The molecule has 0 saturated heterocycles. The minimum absolute atomic E-state index is 0.0568. The fourth-order valence-corrected chi connectivity index (χ4v) is 8.95. The highest BCUT2D eigenvalue weighted by atomic mass is 16.3. The summed E-state index contributed by atoms with van der Waals surface area (Å²) in [5.41, 5.74) is 4.78. The Kier molecular flexibility index (Phi) is 6.04. The van der Waals surface area contributed by atoms with Crippen molar-refractivity contribution in [3.05, 3.63) is 11.1 Å². The molecule has 4 aliphatic rings. The molecule has 0 aromatic rings. The molecule has 0 aliphatic heterocycles. The van der Waals surface area contributed by atoms with Crippen LogP contribution in [0.1, 0.15) is 112 Å². The maximum atomic E-state index is 10.5. The van der Waals surface area contributed by atoms with Gasteiger partial charge in [0.25, 0.3) is 0 Å². The molecular weight excluding hydrogens is 352 g/mol. The summed E-state index contributed by atoms with van der Waals surface area (Å²) >= 11 is 0. The van der Waals surface area contributed by atoms with Gasteiger partial charge < -0.3 is 5.11 Å². The van der Waals surface area contributed by atoms with E-state index < -0.39 is 0 Å². The predicted molar refractivity (Wildman–Crippen MR) is 124 cm³/mol. The standard InChI is InChI=1S/C28H48O/c1-18(2)8-7-9-19(3)22-12-13-24-21-10-11-23-20(4)26(29)15-17-28(23,6)25(21)14-16-27(22,24)5/h18-20,22-23,25-26,29H,7-17H2,1-6H3/t19-,20+,22-,23+,25?,26+,27-,28+/m1/s1. The first-order chi connectivity index (χ1) is 13.7. The van der Waals surface area contributed by atoms with Crippen LogP contribution in [0.3, 0.4) is 0 Å². The van der Waals surface area contributed by atoms with Crippen molar-refractivity contribution in [1.29, 1.82) is 0 Å². The van der Waals surface area contributed by atoms with E-state index in [1.54, 1.807) is 0 Å². The highest BCUT2D eigenvalue weighted by Crippen LogP contribution is 2.66. The molecule has 0 bridgehead atoms. The lowest BCUT2D eigenvalue weighted by molar-refractivity contribution is -0.0779. The molecule has 1 heteroatoms. The van der Waals surface area contributed by atoms with Crippen molar-refractivity contribution in [3.8, 4) is 0 Å². The molecule has 1 nitrogen and oxygen atoms in total. The summed E-state index contributed by atoms with van der Waals surface area (Å²) in [5.74, 6) is 4.68. The maximum absolute atomic E-state index is 10.5. The van der Waals surface area contributed by atoms with E-state index in [0.717, 1.165) is 36.0 Å². The van der Waals surface area contributed by atoms with Crippen molar-refractivity contribution >= 4 is 0 Å². The first-order valence-corrected chi connectivity index (χ1v) is 13.1. The van der Waals surface area contributed by atoms with Crippen molar-refractivity contribution in [2.24, 2.45) is 46.3 Å². The van der Waals surface area contributed by atoms with E-state index in [2.05, 4.69) is 41.5 Å². The highest BCUT2D eigenvalue weighted by Gasteiger charge is 2.56. The lowest BCUT2D eigenvalue weighted by Gasteiger charge is -2.58. The van der Waals surface area contributed by atoms with Crippen LogP contribution in [0.15, 0.2) is 11.1 Å². The first kappa shape index (κ1) is 21.9. The number of allylic oxidation sites excluding steroid dienone is 2. The van der Waals surface area contributed by atoms with Crippen LogP contribution in [0.25, 0.3) is 0 Å². The molecule has 29 heavy (non-hydrogen) atoms. The molecule has 0 heterocycles. The topological polar surface area (TPSA) is 20.2 Å². The summed E-state index contributed by atoms with van der Waals surface area (Å²) in [6.07, 6.45) is 14.8. The number of hydrogen-bond acceptors (Lipinski definition) is 1. The molecule has 1 unspecified atom stereocenters. The highest BCUT2D eigenvalue weighted by molar-refractivity contribution is 5.35. The van der Waals surface area contributed by atoms with Crippen LogP contribution >= 0.6 is 0 Å². The second-order valence-corrected chi connectivity index (χ2v) is 12.6.